The number of nitrogens with one attached hydrogen (secondary N) is 1. The number of anilines is 1. The van der Waals surface area contributed by atoms with Crippen LogP contribution in [0.1, 0.15) is 44.7 Å². The van der Waals surface area contributed by atoms with E-state index in [2.05, 4.69) is 5.32 Å². The van der Waals surface area contributed by atoms with E-state index in [-0.39, 0.29) is 29.1 Å². The van der Waals surface area contributed by atoms with Gasteiger partial charge in [-0.2, -0.15) is 0 Å². The molecular weight excluding hydrogens is 554 g/mol. The Balaban J connectivity index is 2.11. The van der Waals surface area contributed by atoms with Crippen molar-refractivity contribution < 1.29 is 27.5 Å². The van der Waals surface area contributed by atoms with E-state index in [0.29, 0.717) is 17.9 Å². The van der Waals surface area contributed by atoms with Gasteiger partial charge in [0.15, 0.2) is 11.5 Å². The molecule has 3 aromatic carbocycles. The number of carbonyl (C=O) groups is 2. The molecule has 0 fully saturated rings. The van der Waals surface area contributed by atoms with Crippen molar-refractivity contribution >= 4 is 27.5 Å². The first-order valence-corrected chi connectivity index (χ1v) is 15.4. The number of rotatable bonds is 14. The maximum Gasteiger partial charge on any atom is 0.264 e. The van der Waals surface area contributed by atoms with Crippen LogP contribution < -0.4 is 19.1 Å². The van der Waals surface area contributed by atoms with Crippen molar-refractivity contribution in [2.24, 2.45) is 0 Å². The molecule has 2 amide bonds. The summed E-state index contributed by atoms with van der Waals surface area (Å²) in [6.45, 7) is 7.26. The Hall–Kier alpha value is -4.05. The summed E-state index contributed by atoms with van der Waals surface area (Å²) in [6.07, 6.45) is 1.08. The number of amides is 2. The normalized spacial score (nSPS) is 12.6. The molecule has 10 heteroatoms. The molecule has 1 N–H and O–H groups in total. The fourth-order valence-electron chi connectivity index (χ4n) is 4.56. The van der Waals surface area contributed by atoms with Crippen LogP contribution in [0.25, 0.3) is 0 Å². The first-order chi connectivity index (χ1) is 20.1. The SMILES string of the molecule is CC[C@H](C(=O)N[C@@H](C)CC)N(Cc1ccccc1C)C(=O)CN(c1ccc(OC)c(OC)c1)S(=O)(=O)c1ccccc1. The van der Waals surface area contributed by atoms with Crippen LogP contribution in [0, 0.1) is 6.92 Å². The lowest BCUT2D eigenvalue weighted by atomic mass is 10.1. The van der Waals surface area contributed by atoms with Gasteiger partial charge in [-0.05, 0) is 62.1 Å². The number of benzene rings is 3. The van der Waals surface area contributed by atoms with E-state index in [1.54, 1.807) is 30.3 Å². The second kappa shape index (κ2) is 14.7. The number of methoxy groups -OCH3 is 2. The third kappa shape index (κ3) is 7.61. The molecule has 226 valence electrons. The molecule has 0 aliphatic heterocycles. The summed E-state index contributed by atoms with van der Waals surface area (Å²) in [5.41, 5.74) is 2.04. The van der Waals surface area contributed by atoms with E-state index in [1.807, 2.05) is 52.0 Å². The lowest BCUT2D eigenvalue weighted by Gasteiger charge is -2.34. The maximum atomic E-state index is 14.2. The number of carbonyl (C=O) groups excluding carboxylic acids is 2. The topological polar surface area (TPSA) is 105 Å². The number of hydrogen-bond acceptors (Lipinski definition) is 6. The van der Waals surface area contributed by atoms with Gasteiger partial charge in [-0.1, -0.05) is 56.3 Å². The molecular formula is C32H41N3O6S. The average Bonchev–Trinajstić information content (AvgIpc) is 3.00. The monoisotopic (exact) mass is 595 g/mol. The zero-order valence-electron chi connectivity index (χ0n) is 25.2. The van der Waals surface area contributed by atoms with Crippen LogP contribution in [-0.2, 0) is 26.2 Å². The standard InChI is InChI=1S/C32H41N3O6S/c1-7-24(4)33-32(37)28(8-2)34(21-25-15-13-12-14-23(25)3)31(36)22-35(42(38,39)27-16-10-9-11-17-27)26-18-19-29(40-5)30(20-26)41-6/h9-20,24,28H,7-8,21-22H2,1-6H3,(H,33,37)/t24-,28+/m0/s1. The Kier molecular flexibility index (Phi) is 11.4. The predicted molar refractivity (Wildman–Crippen MR) is 164 cm³/mol. The molecule has 0 saturated carbocycles. The van der Waals surface area contributed by atoms with Crippen molar-refractivity contribution in [3.05, 3.63) is 83.9 Å². The average molecular weight is 596 g/mol. The minimum Gasteiger partial charge on any atom is -0.493 e. The molecule has 0 spiro atoms. The Morgan fingerprint density at radius 3 is 2.12 bits per heavy atom. The molecule has 0 heterocycles. The van der Waals surface area contributed by atoms with Gasteiger partial charge in [-0.15, -0.1) is 0 Å². The minimum absolute atomic E-state index is 0.0274. The highest BCUT2D eigenvalue weighted by Crippen LogP contribution is 2.34. The van der Waals surface area contributed by atoms with Crippen molar-refractivity contribution in [2.75, 3.05) is 25.1 Å². The quantitative estimate of drug-likeness (QED) is 0.283. The minimum atomic E-state index is -4.19. The summed E-state index contributed by atoms with van der Waals surface area (Å²) in [7, 11) is -1.26. The number of aryl methyl sites for hydroxylation is 1. The van der Waals surface area contributed by atoms with E-state index in [0.717, 1.165) is 21.9 Å². The lowest BCUT2D eigenvalue weighted by molar-refractivity contribution is -0.140. The van der Waals surface area contributed by atoms with Crippen LogP contribution in [-0.4, -0.2) is 58.0 Å². The van der Waals surface area contributed by atoms with Crippen LogP contribution in [0.5, 0.6) is 11.5 Å². The third-order valence-corrected chi connectivity index (χ3v) is 9.04. The van der Waals surface area contributed by atoms with Crippen molar-refractivity contribution in [3.63, 3.8) is 0 Å². The number of nitrogens with zero attached hydrogens (tertiary/aromatic N) is 2. The summed E-state index contributed by atoms with van der Waals surface area (Å²) >= 11 is 0. The first kappa shape index (κ1) is 32.5. The van der Waals surface area contributed by atoms with Gasteiger partial charge in [0.25, 0.3) is 10.0 Å². The highest BCUT2D eigenvalue weighted by atomic mass is 32.2. The van der Waals surface area contributed by atoms with Crippen molar-refractivity contribution in [3.8, 4) is 11.5 Å². The second-order valence-electron chi connectivity index (χ2n) is 10.1. The van der Waals surface area contributed by atoms with Gasteiger partial charge in [0.2, 0.25) is 11.8 Å². The molecule has 0 aliphatic rings. The van der Waals surface area contributed by atoms with Crippen LogP contribution in [0.15, 0.2) is 77.7 Å². The predicted octanol–water partition coefficient (Wildman–Crippen LogP) is 4.93. The molecule has 0 unspecified atom stereocenters. The second-order valence-corrected chi connectivity index (χ2v) is 11.9. The van der Waals surface area contributed by atoms with Crippen molar-refractivity contribution in [1.29, 1.82) is 0 Å². The summed E-state index contributed by atoms with van der Waals surface area (Å²) < 4.78 is 39.9. The molecule has 3 rings (SSSR count). The van der Waals surface area contributed by atoms with Crippen LogP contribution in [0.4, 0.5) is 5.69 Å². The van der Waals surface area contributed by atoms with Crippen LogP contribution in [0.2, 0.25) is 0 Å². The van der Waals surface area contributed by atoms with Crippen molar-refractivity contribution in [1.82, 2.24) is 10.2 Å². The largest absolute Gasteiger partial charge is 0.493 e. The van der Waals surface area contributed by atoms with Gasteiger partial charge in [-0.3, -0.25) is 13.9 Å². The van der Waals surface area contributed by atoms with Gasteiger partial charge in [0.05, 0.1) is 24.8 Å². The number of ether oxygens (including phenoxy) is 2. The summed E-state index contributed by atoms with van der Waals surface area (Å²) in [5, 5.41) is 2.99. The van der Waals surface area contributed by atoms with Crippen LogP contribution >= 0.6 is 0 Å². The molecule has 2 atom stereocenters. The fourth-order valence-corrected chi connectivity index (χ4v) is 5.99. The Morgan fingerprint density at radius 2 is 1.52 bits per heavy atom. The van der Waals surface area contributed by atoms with Gasteiger partial charge in [0.1, 0.15) is 12.6 Å². The Bertz CT molecular complexity index is 1460. The van der Waals surface area contributed by atoms with Gasteiger partial charge in [-0.25, -0.2) is 8.42 Å². The molecule has 0 saturated heterocycles. The molecule has 0 aromatic heterocycles. The lowest BCUT2D eigenvalue weighted by Crippen LogP contribution is -2.53. The van der Waals surface area contributed by atoms with Crippen molar-refractivity contribution in [2.45, 2.75) is 64.1 Å². The summed E-state index contributed by atoms with van der Waals surface area (Å²) in [4.78, 5) is 29.2. The summed E-state index contributed by atoms with van der Waals surface area (Å²) in [6, 6.07) is 19.3. The van der Waals surface area contributed by atoms with Gasteiger partial charge < -0.3 is 19.7 Å². The molecule has 42 heavy (non-hydrogen) atoms. The fraction of sp³-hybridized carbons (Fsp3) is 0.375. The molecule has 0 aliphatic carbocycles. The zero-order valence-corrected chi connectivity index (χ0v) is 26.0. The van der Waals surface area contributed by atoms with Gasteiger partial charge in [0, 0.05) is 18.7 Å². The van der Waals surface area contributed by atoms with Crippen LogP contribution in [0.3, 0.4) is 0 Å². The molecule has 0 radical (unpaired) electrons. The summed E-state index contributed by atoms with van der Waals surface area (Å²) in [5.74, 6) is -0.0681. The number of sulfonamides is 1. The van der Waals surface area contributed by atoms with E-state index in [9.17, 15) is 18.0 Å². The molecule has 9 nitrogen and oxygen atoms in total. The van der Waals surface area contributed by atoms with E-state index in [1.165, 1.54) is 37.3 Å². The first-order valence-electron chi connectivity index (χ1n) is 14.0. The highest BCUT2D eigenvalue weighted by molar-refractivity contribution is 7.92. The smallest absolute Gasteiger partial charge is 0.264 e. The Labute approximate surface area is 249 Å². The molecule has 0 bridgehead atoms. The third-order valence-electron chi connectivity index (χ3n) is 7.25. The Morgan fingerprint density at radius 1 is 0.881 bits per heavy atom. The van der Waals surface area contributed by atoms with E-state index >= 15 is 0 Å². The zero-order chi connectivity index (χ0) is 30.9. The van der Waals surface area contributed by atoms with E-state index < -0.39 is 28.5 Å². The molecule has 3 aromatic rings. The van der Waals surface area contributed by atoms with Gasteiger partial charge >= 0.3 is 0 Å². The highest BCUT2D eigenvalue weighted by Gasteiger charge is 2.34. The van der Waals surface area contributed by atoms with E-state index in [4.69, 9.17) is 9.47 Å². The maximum absolute atomic E-state index is 14.2. The number of hydrogen-bond donors (Lipinski definition) is 1.